The Hall–Kier alpha value is -3.48. The Labute approximate surface area is 157 Å². The molecule has 0 saturated carbocycles. The summed E-state index contributed by atoms with van der Waals surface area (Å²) in [6, 6.07) is 12.9. The van der Waals surface area contributed by atoms with Crippen molar-refractivity contribution in [3.8, 4) is 5.82 Å². The zero-order valence-corrected chi connectivity index (χ0v) is 15.2. The summed E-state index contributed by atoms with van der Waals surface area (Å²) in [5.74, 6) is -0.156. The van der Waals surface area contributed by atoms with Crippen molar-refractivity contribution in [1.29, 1.82) is 0 Å². The number of methoxy groups -OCH3 is 1. The molecular formula is C20H20N4O3. The fourth-order valence-electron chi connectivity index (χ4n) is 2.65. The molecule has 0 radical (unpaired) electrons. The average molecular weight is 364 g/mol. The van der Waals surface area contributed by atoms with Crippen LogP contribution in [0.2, 0.25) is 0 Å². The lowest BCUT2D eigenvalue weighted by Crippen LogP contribution is -2.36. The highest BCUT2D eigenvalue weighted by atomic mass is 16.5. The molecule has 0 aliphatic heterocycles. The summed E-state index contributed by atoms with van der Waals surface area (Å²) >= 11 is 0. The Bertz CT molecular complexity index is 921. The maximum Gasteiger partial charge on any atom is 0.325 e. The van der Waals surface area contributed by atoms with E-state index < -0.39 is 5.97 Å². The monoisotopic (exact) mass is 364 g/mol. The van der Waals surface area contributed by atoms with Crippen LogP contribution in [0.4, 0.5) is 0 Å². The highest BCUT2D eigenvalue weighted by Gasteiger charge is 2.20. The first-order chi connectivity index (χ1) is 13.1. The highest BCUT2D eigenvalue weighted by molar-refractivity contribution is 5.95. The van der Waals surface area contributed by atoms with Crippen molar-refractivity contribution >= 4 is 11.9 Å². The van der Waals surface area contributed by atoms with Crippen molar-refractivity contribution in [2.45, 2.75) is 13.5 Å². The van der Waals surface area contributed by atoms with Crippen LogP contribution in [0.15, 0.2) is 61.1 Å². The van der Waals surface area contributed by atoms with E-state index in [0.29, 0.717) is 17.9 Å². The Balaban J connectivity index is 1.83. The smallest absolute Gasteiger partial charge is 0.325 e. The van der Waals surface area contributed by atoms with E-state index in [-0.39, 0.29) is 12.5 Å². The minimum absolute atomic E-state index is 0.134. The number of pyridine rings is 1. The minimum Gasteiger partial charge on any atom is -0.468 e. The van der Waals surface area contributed by atoms with E-state index in [0.717, 1.165) is 11.1 Å². The molecule has 0 aliphatic rings. The van der Waals surface area contributed by atoms with Gasteiger partial charge in [0, 0.05) is 25.1 Å². The van der Waals surface area contributed by atoms with E-state index in [1.54, 1.807) is 35.3 Å². The number of carbonyl (C=O) groups excluding carboxylic acids is 2. The van der Waals surface area contributed by atoms with Crippen LogP contribution in [-0.2, 0) is 16.1 Å². The summed E-state index contributed by atoms with van der Waals surface area (Å²) < 4.78 is 6.35. The van der Waals surface area contributed by atoms with Gasteiger partial charge in [-0.25, -0.2) is 9.67 Å². The van der Waals surface area contributed by atoms with Crippen LogP contribution < -0.4 is 0 Å². The number of ether oxygens (including phenoxy) is 1. The molecule has 0 N–H and O–H groups in total. The van der Waals surface area contributed by atoms with Gasteiger partial charge in [0.15, 0.2) is 5.82 Å². The van der Waals surface area contributed by atoms with Crippen molar-refractivity contribution in [3.05, 3.63) is 77.7 Å². The molecule has 2 aromatic heterocycles. The maximum atomic E-state index is 13.0. The summed E-state index contributed by atoms with van der Waals surface area (Å²) in [6.07, 6.45) is 4.91. The van der Waals surface area contributed by atoms with E-state index in [1.807, 2.05) is 31.2 Å². The highest BCUT2D eigenvalue weighted by Crippen LogP contribution is 2.14. The molecule has 7 nitrogen and oxygen atoms in total. The molecule has 0 unspecified atom stereocenters. The molecule has 0 spiro atoms. The zero-order chi connectivity index (χ0) is 19.2. The number of aryl methyl sites for hydroxylation is 1. The normalized spacial score (nSPS) is 10.4. The van der Waals surface area contributed by atoms with Crippen LogP contribution in [0.5, 0.6) is 0 Å². The standard InChI is InChI=1S/C20H20N4O3/c1-15-6-3-4-7-17(15)13-23(14-19(25)27-2)20(26)16-8-9-18(21-12-16)24-11-5-10-22-24/h3-12H,13-14H2,1-2H3. The third-order valence-corrected chi connectivity index (χ3v) is 4.19. The maximum absolute atomic E-state index is 13.0. The molecule has 138 valence electrons. The molecule has 0 fully saturated rings. The number of hydrogen-bond donors (Lipinski definition) is 0. The average Bonchev–Trinajstić information content (AvgIpc) is 3.23. The summed E-state index contributed by atoms with van der Waals surface area (Å²) in [4.78, 5) is 30.5. The van der Waals surface area contributed by atoms with Gasteiger partial charge >= 0.3 is 5.97 Å². The number of benzene rings is 1. The van der Waals surface area contributed by atoms with Crippen LogP contribution in [0.3, 0.4) is 0 Å². The molecule has 7 heteroatoms. The SMILES string of the molecule is COC(=O)CN(Cc1ccccc1C)C(=O)c1ccc(-n2cccn2)nc1. The van der Waals surface area contributed by atoms with E-state index in [2.05, 4.69) is 10.1 Å². The van der Waals surface area contributed by atoms with E-state index >= 15 is 0 Å². The van der Waals surface area contributed by atoms with Gasteiger partial charge in [-0.05, 0) is 36.2 Å². The molecule has 0 bridgehead atoms. The molecule has 3 rings (SSSR count). The number of carbonyl (C=O) groups is 2. The van der Waals surface area contributed by atoms with Gasteiger partial charge in [0.2, 0.25) is 0 Å². The molecule has 3 aromatic rings. The third kappa shape index (κ3) is 4.38. The van der Waals surface area contributed by atoms with Crippen LogP contribution in [0.1, 0.15) is 21.5 Å². The van der Waals surface area contributed by atoms with Crippen LogP contribution in [0.25, 0.3) is 5.82 Å². The van der Waals surface area contributed by atoms with E-state index in [4.69, 9.17) is 4.74 Å². The van der Waals surface area contributed by atoms with Gasteiger partial charge in [-0.3, -0.25) is 9.59 Å². The molecule has 0 atom stereocenters. The first-order valence-corrected chi connectivity index (χ1v) is 8.45. The van der Waals surface area contributed by atoms with Crippen molar-refractivity contribution in [2.24, 2.45) is 0 Å². The molecule has 27 heavy (non-hydrogen) atoms. The fourth-order valence-corrected chi connectivity index (χ4v) is 2.65. The van der Waals surface area contributed by atoms with Crippen molar-refractivity contribution in [3.63, 3.8) is 0 Å². The van der Waals surface area contributed by atoms with Crippen molar-refractivity contribution in [2.75, 3.05) is 13.7 Å². The van der Waals surface area contributed by atoms with Crippen LogP contribution in [-0.4, -0.2) is 45.2 Å². The predicted molar refractivity (Wildman–Crippen MR) is 99.3 cm³/mol. The predicted octanol–water partition coefficient (Wildman–Crippen LogP) is 2.39. The zero-order valence-electron chi connectivity index (χ0n) is 15.2. The largest absolute Gasteiger partial charge is 0.468 e. The minimum atomic E-state index is -0.474. The molecule has 0 saturated heterocycles. The Morgan fingerprint density at radius 1 is 1.15 bits per heavy atom. The van der Waals surface area contributed by atoms with Gasteiger partial charge in [-0.15, -0.1) is 0 Å². The van der Waals surface area contributed by atoms with Crippen molar-refractivity contribution < 1.29 is 14.3 Å². The number of hydrogen-bond acceptors (Lipinski definition) is 5. The summed E-state index contributed by atoms with van der Waals surface area (Å²) in [5.41, 5.74) is 2.41. The first-order valence-electron chi connectivity index (χ1n) is 8.45. The van der Waals surface area contributed by atoms with Gasteiger partial charge in [0.1, 0.15) is 6.54 Å². The lowest BCUT2D eigenvalue weighted by Gasteiger charge is -2.22. The lowest BCUT2D eigenvalue weighted by atomic mass is 10.1. The second-order valence-electron chi connectivity index (χ2n) is 6.02. The second kappa shape index (κ2) is 8.27. The second-order valence-corrected chi connectivity index (χ2v) is 6.02. The number of rotatable bonds is 6. The van der Waals surface area contributed by atoms with E-state index in [1.165, 1.54) is 18.2 Å². The van der Waals surface area contributed by atoms with Gasteiger partial charge in [0.05, 0.1) is 12.7 Å². The summed E-state index contributed by atoms with van der Waals surface area (Å²) in [6.45, 7) is 2.14. The Kier molecular flexibility index (Phi) is 5.61. The van der Waals surface area contributed by atoms with Crippen LogP contribution >= 0.6 is 0 Å². The molecular weight excluding hydrogens is 344 g/mol. The van der Waals surface area contributed by atoms with Gasteiger partial charge in [-0.1, -0.05) is 24.3 Å². The van der Waals surface area contributed by atoms with Gasteiger partial charge in [-0.2, -0.15) is 5.10 Å². The molecule has 0 aliphatic carbocycles. The summed E-state index contributed by atoms with van der Waals surface area (Å²) in [7, 11) is 1.30. The summed E-state index contributed by atoms with van der Waals surface area (Å²) in [5, 5.41) is 4.11. The number of esters is 1. The van der Waals surface area contributed by atoms with Crippen molar-refractivity contribution in [1.82, 2.24) is 19.7 Å². The third-order valence-electron chi connectivity index (χ3n) is 4.19. The number of nitrogens with zero attached hydrogens (tertiary/aromatic N) is 4. The Morgan fingerprint density at radius 2 is 1.96 bits per heavy atom. The van der Waals surface area contributed by atoms with E-state index in [9.17, 15) is 9.59 Å². The van der Waals surface area contributed by atoms with Gasteiger partial charge in [0.25, 0.3) is 5.91 Å². The molecule has 2 heterocycles. The van der Waals surface area contributed by atoms with Crippen LogP contribution in [0, 0.1) is 6.92 Å². The molecule has 1 amide bonds. The lowest BCUT2D eigenvalue weighted by molar-refractivity contribution is -0.141. The Morgan fingerprint density at radius 3 is 2.59 bits per heavy atom. The quantitative estimate of drug-likeness (QED) is 0.628. The topological polar surface area (TPSA) is 77.3 Å². The first kappa shape index (κ1) is 18.3. The number of amides is 1. The molecule has 1 aromatic carbocycles. The fraction of sp³-hybridized carbons (Fsp3) is 0.200. The number of aromatic nitrogens is 3. The van der Waals surface area contributed by atoms with Gasteiger partial charge < -0.3 is 9.64 Å².